The van der Waals surface area contributed by atoms with Crippen LogP contribution in [0.25, 0.3) is 0 Å². The molecule has 0 bridgehead atoms. The number of nitrogens with one attached hydrogen (secondary N) is 1. The van der Waals surface area contributed by atoms with E-state index in [2.05, 4.69) is 36.0 Å². The van der Waals surface area contributed by atoms with E-state index in [0.717, 1.165) is 26.2 Å². The Balaban J connectivity index is 2.05. The zero-order valence-electron chi connectivity index (χ0n) is 12.8. The molecule has 1 fully saturated rings. The van der Waals surface area contributed by atoms with Gasteiger partial charge < -0.3 is 10.2 Å². The number of aromatic nitrogens is 1. The fraction of sp³-hybridized carbons (Fsp3) is 0.600. The molecular formula is C15H24N4O. The number of carbonyl (C=O) groups excluding carboxylic acids is 1. The first-order valence-electron chi connectivity index (χ1n) is 7.10. The summed E-state index contributed by atoms with van der Waals surface area (Å²) in [7, 11) is 1.79. The van der Waals surface area contributed by atoms with Crippen LogP contribution in [0.15, 0.2) is 18.3 Å². The lowest BCUT2D eigenvalue weighted by atomic mass is 10.0. The maximum atomic E-state index is 12.6. The normalized spacial score (nSPS) is 17.1. The minimum atomic E-state index is 0.0657. The average molecular weight is 276 g/mol. The number of hydrogen-bond donors (Lipinski definition) is 1. The van der Waals surface area contributed by atoms with Crippen LogP contribution in [0.4, 0.5) is 5.82 Å². The molecule has 1 aromatic heterocycles. The fourth-order valence-electron chi connectivity index (χ4n) is 2.53. The van der Waals surface area contributed by atoms with Gasteiger partial charge in [-0.25, -0.2) is 4.98 Å². The average Bonchev–Trinajstić information content (AvgIpc) is 2.45. The summed E-state index contributed by atoms with van der Waals surface area (Å²) < 4.78 is 0. The molecule has 2 heterocycles. The Labute approximate surface area is 121 Å². The minimum Gasteiger partial charge on any atom is -0.372 e. The summed E-state index contributed by atoms with van der Waals surface area (Å²) in [4.78, 5) is 21.1. The molecule has 110 valence electrons. The van der Waals surface area contributed by atoms with Crippen molar-refractivity contribution in [1.82, 2.24) is 14.8 Å². The summed E-state index contributed by atoms with van der Waals surface area (Å²) in [5.74, 6) is 0.715. The van der Waals surface area contributed by atoms with Gasteiger partial charge in [-0.05, 0) is 32.9 Å². The van der Waals surface area contributed by atoms with E-state index in [1.54, 1.807) is 19.3 Å². The summed E-state index contributed by atoms with van der Waals surface area (Å²) in [6, 6.07) is 3.64. The second-order valence-corrected chi connectivity index (χ2v) is 6.10. The highest BCUT2D eigenvalue weighted by molar-refractivity contribution is 5.98. The molecular weight excluding hydrogens is 252 g/mol. The molecule has 0 unspecified atom stereocenters. The van der Waals surface area contributed by atoms with Gasteiger partial charge in [0.05, 0.1) is 5.56 Å². The lowest BCUT2D eigenvalue weighted by Gasteiger charge is -2.42. The summed E-state index contributed by atoms with van der Waals surface area (Å²) in [6.45, 7) is 10.0. The van der Waals surface area contributed by atoms with E-state index >= 15 is 0 Å². The van der Waals surface area contributed by atoms with Crippen LogP contribution >= 0.6 is 0 Å². The first kappa shape index (κ1) is 14.8. The van der Waals surface area contributed by atoms with Crippen molar-refractivity contribution in [2.24, 2.45) is 0 Å². The van der Waals surface area contributed by atoms with Crippen LogP contribution in [0.5, 0.6) is 0 Å². The monoisotopic (exact) mass is 276 g/mol. The van der Waals surface area contributed by atoms with Crippen molar-refractivity contribution >= 4 is 11.7 Å². The Morgan fingerprint density at radius 2 is 1.90 bits per heavy atom. The number of nitrogens with zero attached hydrogens (tertiary/aromatic N) is 3. The molecule has 0 aliphatic carbocycles. The largest absolute Gasteiger partial charge is 0.372 e. The summed E-state index contributed by atoms with van der Waals surface area (Å²) in [5.41, 5.74) is 0.818. The van der Waals surface area contributed by atoms with Crippen LogP contribution in [-0.4, -0.2) is 59.5 Å². The zero-order chi connectivity index (χ0) is 14.8. The number of pyridine rings is 1. The lowest BCUT2D eigenvalue weighted by molar-refractivity contribution is 0.0451. The van der Waals surface area contributed by atoms with Crippen LogP contribution in [-0.2, 0) is 0 Å². The molecule has 0 spiro atoms. The van der Waals surface area contributed by atoms with E-state index in [9.17, 15) is 4.79 Å². The molecule has 0 aromatic carbocycles. The molecule has 1 N–H and O–H groups in total. The second kappa shape index (κ2) is 5.79. The van der Waals surface area contributed by atoms with Crippen LogP contribution in [0.1, 0.15) is 31.1 Å². The highest BCUT2D eigenvalue weighted by atomic mass is 16.2. The van der Waals surface area contributed by atoms with Crippen LogP contribution in [0.3, 0.4) is 0 Å². The maximum absolute atomic E-state index is 12.6. The molecule has 1 aliphatic heterocycles. The minimum absolute atomic E-state index is 0.0657. The van der Waals surface area contributed by atoms with E-state index in [1.165, 1.54) is 0 Å². The molecule has 0 atom stereocenters. The van der Waals surface area contributed by atoms with Crippen molar-refractivity contribution in [3.05, 3.63) is 23.9 Å². The predicted molar refractivity (Wildman–Crippen MR) is 81.0 cm³/mol. The Bertz CT molecular complexity index is 473. The van der Waals surface area contributed by atoms with Crippen molar-refractivity contribution in [2.75, 3.05) is 38.5 Å². The van der Waals surface area contributed by atoms with Gasteiger partial charge in [0.2, 0.25) is 0 Å². The number of piperazine rings is 1. The molecule has 1 aromatic rings. The molecule has 0 saturated carbocycles. The van der Waals surface area contributed by atoms with Gasteiger partial charge in [0.25, 0.3) is 5.91 Å². The Morgan fingerprint density at radius 3 is 2.45 bits per heavy atom. The molecule has 1 aliphatic rings. The molecule has 1 amide bonds. The smallest absolute Gasteiger partial charge is 0.257 e. The van der Waals surface area contributed by atoms with Gasteiger partial charge in [0, 0.05) is 45.0 Å². The van der Waals surface area contributed by atoms with E-state index in [1.807, 2.05) is 11.0 Å². The lowest BCUT2D eigenvalue weighted by Crippen LogP contribution is -2.54. The Morgan fingerprint density at radius 1 is 1.25 bits per heavy atom. The molecule has 1 saturated heterocycles. The maximum Gasteiger partial charge on any atom is 0.257 e. The summed E-state index contributed by atoms with van der Waals surface area (Å²) in [5, 5.41) is 2.98. The van der Waals surface area contributed by atoms with Gasteiger partial charge in [0.1, 0.15) is 5.82 Å². The van der Waals surface area contributed by atoms with E-state index in [4.69, 9.17) is 0 Å². The topological polar surface area (TPSA) is 48.5 Å². The molecule has 0 radical (unpaired) electrons. The number of hydrogen-bond acceptors (Lipinski definition) is 4. The number of carbonyl (C=O) groups is 1. The van der Waals surface area contributed by atoms with Gasteiger partial charge in [0.15, 0.2) is 0 Å². The predicted octanol–water partition coefficient (Wildman–Crippen LogP) is 1.68. The van der Waals surface area contributed by atoms with Crippen LogP contribution in [0, 0.1) is 0 Å². The van der Waals surface area contributed by atoms with E-state index in [0.29, 0.717) is 11.4 Å². The van der Waals surface area contributed by atoms with Crippen LogP contribution < -0.4 is 5.32 Å². The van der Waals surface area contributed by atoms with Crippen LogP contribution in [0.2, 0.25) is 0 Å². The summed E-state index contributed by atoms with van der Waals surface area (Å²) >= 11 is 0. The van der Waals surface area contributed by atoms with E-state index in [-0.39, 0.29) is 11.4 Å². The SMILES string of the molecule is CNc1ncccc1C(=O)N1CCN(C(C)(C)C)CC1. The standard InChI is InChI=1S/C15H24N4O/c1-15(2,3)19-10-8-18(9-11-19)14(20)12-6-5-7-17-13(12)16-4/h5-7H,8-11H2,1-4H3,(H,16,17). The van der Waals surface area contributed by atoms with Crippen molar-refractivity contribution in [2.45, 2.75) is 26.3 Å². The van der Waals surface area contributed by atoms with Crippen molar-refractivity contribution in [1.29, 1.82) is 0 Å². The Kier molecular flexibility index (Phi) is 4.28. The number of rotatable bonds is 2. The highest BCUT2D eigenvalue weighted by Crippen LogP contribution is 2.19. The van der Waals surface area contributed by atoms with Gasteiger partial charge in [-0.1, -0.05) is 0 Å². The van der Waals surface area contributed by atoms with Crippen molar-refractivity contribution in [3.8, 4) is 0 Å². The molecule has 5 heteroatoms. The van der Waals surface area contributed by atoms with Gasteiger partial charge in [-0.3, -0.25) is 9.69 Å². The number of anilines is 1. The van der Waals surface area contributed by atoms with E-state index < -0.39 is 0 Å². The first-order chi connectivity index (χ1) is 9.43. The van der Waals surface area contributed by atoms with Crippen molar-refractivity contribution < 1.29 is 4.79 Å². The quantitative estimate of drug-likeness (QED) is 0.893. The first-order valence-corrected chi connectivity index (χ1v) is 7.10. The molecule has 20 heavy (non-hydrogen) atoms. The second-order valence-electron chi connectivity index (χ2n) is 6.10. The third-order valence-electron chi connectivity index (χ3n) is 3.79. The highest BCUT2D eigenvalue weighted by Gasteiger charge is 2.28. The fourth-order valence-corrected chi connectivity index (χ4v) is 2.53. The van der Waals surface area contributed by atoms with Gasteiger partial charge in [-0.2, -0.15) is 0 Å². The Hall–Kier alpha value is -1.62. The molecule has 2 rings (SSSR count). The molecule has 5 nitrogen and oxygen atoms in total. The summed E-state index contributed by atoms with van der Waals surface area (Å²) in [6.07, 6.45) is 1.69. The van der Waals surface area contributed by atoms with Gasteiger partial charge in [-0.15, -0.1) is 0 Å². The third-order valence-corrected chi connectivity index (χ3v) is 3.79. The van der Waals surface area contributed by atoms with Crippen molar-refractivity contribution in [3.63, 3.8) is 0 Å². The van der Waals surface area contributed by atoms with Gasteiger partial charge >= 0.3 is 0 Å². The zero-order valence-corrected chi connectivity index (χ0v) is 12.8. The third kappa shape index (κ3) is 3.10. The number of amides is 1.